The summed E-state index contributed by atoms with van der Waals surface area (Å²) < 4.78 is 0. The summed E-state index contributed by atoms with van der Waals surface area (Å²) in [4.78, 5) is 23.1. The summed E-state index contributed by atoms with van der Waals surface area (Å²) in [5, 5.41) is 13.7. The van der Waals surface area contributed by atoms with Gasteiger partial charge in [-0.2, -0.15) is 10.2 Å². The monoisotopic (exact) mass is 308 g/mol. The van der Waals surface area contributed by atoms with Crippen molar-refractivity contribution in [2.75, 3.05) is 5.32 Å². The van der Waals surface area contributed by atoms with Gasteiger partial charge in [-0.05, 0) is 42.8 Å². The van der Waals surface area contributed by atoms with Crippen molar-refractivity contribution in [2.24, 2.45) is 10.2 Å². The van der Waals surface area contributed by atoms with E-state index >= 15 is 0 Å². The molecule has 0 saturated carbocycles. The molecule has 2 aromatic carbocycles. The number of rotatable bonds is 4. The van der Waals surface area contributed by atoms with Crippen LogP contribution in [0, 0.1) is 0 Å². The van der Waals surface area contributed by atoms with Gasteiger partial charge in [0.2, 0.25) is 11.8 Å². The molecule has 23 heavy (non-hydrogen) atoms. The first-order valence-corrected chi connectivity index (χ1v) is 7.38. The van der Waals surface area contributed by atoms with E-state index < -0.39 is 6.04 Å². The number of nitrogens with zero attached hydrogens (tertiary/aromatic N) is 2. The molecule has 0 radical (unpaired) electrons. The molecule has 6 nitrogen and oxygen atoms in total. The van der Waals surface area contributed by atoms with E-state index in [1.54, 1.807) is 24.3 Å². The van der Waals surface area contributed by atoms with Crippen LogP contribution in [-0.4, -0.2) is 17.9 Å². The largest absolute Gasteiger partial charge is 0.344 e. The van der Waals surface area contributed by atoms with Crippen LogP contribution in [-0.2, 0) is 9.59 Å². The Labute approximate surface area is 133 Å². The number of hydrogen-bond acceptors (Lipinski definition) is 4. The van der Waals surface area contributed by atoms with Gasteiger partial charge in [-0.15, -0.1) is 0 Å². The van der Waals surface area contributed by atoms with Gasteiger partial charge in [0.25, 0.3) is 0 Å². The third kappa shape index (κ3) is 4.00. The number of nitrogens with one attached hydrogen (secondary N) is 2. The van der Waals surface area contributed by atoms with Crippen LogP contribution >= 0.6 is 0 Å². The summed E-state index contributed by atoms with van der Waals surface area (Å²) in [6, 6.07) is 16.1. The predicted molar refractivity (Wildman–Crippen MR) is 86.9 cm³/mol. The number of azo groups is 1. The van der Waals surface area contributed by atoms with Gasteiger partial charge in [0.15, 0.2) is 0 Å². The Balaban J connectivity index is 1.60. The summed E-state index contributed by atoms with van der Waals surface area (Å²) >= 11 is 0. The first-order valence-electron chi connectivity index (χ1n) is 7.38. The van der Waals surface area contributed by atoms with E-state index in [0.717, 1.165) is 5.69 Å². The predicted octanol–water partition coefficient (Wildman–Crippen LogP) is 3.32. The van der Waals surface area contributed by atoms with Crippen LogP contribution in [0.1, 0.15) is 12.8 Å². The van der Waals surface area contributed by atoms with Crippen LogP contribution in [0.25, 0.3) is 0 Å². The Morgan fingerprint density at radius 3 is 2.26 bits per heavy atom. The number of anilines is 1. The maximum atomic E-state index is 12.0. The van der Waals surface area contributed by atoms with Crippen LogP contribution in [0.15, 0.2) is 64.8 Å². The number of hydrogen-bond donors (Lipinski definition) is 2. The Morgan fingerprint density at radius 1 is 1.00 bits per heavy atom. The Kier molecular flexibility index (Phi) is 4.42. The molecular formula is C17H16N4O2. The summed E-state index contributed by atoms with van der Waals surface area (Å²) in [6.45, 7) is 0. The molecule has 0 aliphatic carbocycles. The summed E-state index contributed by atoms with van der Waals surface area (Å²) in [5.74, 6) is -0.281. The van der Waals surface area contributed by atoms with E-state index in [2.05, 4.69) is 20.9 Å². The molecule has 0 unspecified atom stereocenters. The van der Waals surface area contributed by atoms with Gasteiger partial charge in [-0.25, -0.2) is 0 Å². The minimum Gasteiger partial charge on any atom is -0.344 e. The maximum Gasteiger partial charge on any atom is 0.246 e. The summed E-state index contributed by atoms with van der Waals surface area (Å²) in [5.41, 5.74) is 2.14. The Hall–Kier alpha value is -3.02. The number of amides is 2. The standard InChI is InChI=1S/C17H16N4O2/c22-16-11-10-15(19-16)17(23)18-12-6-8-14(9-7-12)21-20-13-4-2-1-3-5-13/h1-9,15H,10-11H2,(H,18,23)(H,19,22)/t15-/m0/s1. The zero-order valence-corrected chi connectivity index (χ0v) is 12.4. The third-order valence-corrected chi connectivity index (χ3v) is 3.48. The van der Waals surface area contributed by atoms with Crippen molar-refractivity contribution < 1.29 is 9.59 Å². The lowest BCUT2D eigenvalue weighted by Crippen LogP contribution is -2.37. The quantitative estimate of drug-likeness (QED) is 0.849. The molecule has 1 saturated heterocycles. The number of carbonyl (C=O) groups is 2. The van der Waals surface area contributed by atoms with Crippen molar-refractivity contribution in [2.45, 2.75) is 18.9 Å². The number of carbonyl (C=O) groups excluding carboxylic acids is 2. The molecule has 2 N–H and O–H groups in total. The molecule has 6 heteroatoms. The molecule has 1 heterocycles. The third-order valence-electron chi connectivity index (χ3n) is 3.48. The van der Waals surface area contributed by atoms with Gasteiger partial charge in [0.05, 0.1) is 11.4 Å². The van der Waals surface area contributed by atoms with Crippen molar-refractivity contribution in [1.29, 1.82) is 0 Å². The van der Waals surface area contributed by atoms with Gasteiger partial charge >= 0.3 is 0 Å². The average Bonchev–Trinajstić information content (AvgIpc) is 3.02. The smallest absolute Gasteiger partial charge is 0.246 e. The maximum absolute atomic E-state index is 12.0. The molecule has 0 aromatic heterocycles. The van der Waals surface area contributed by atoms with E-state index in [9.17, 15) is 9.59 Å². The lowest BCUT2D eigenvalue weighted by Gasteiger charge is -2.10. The first kappa shape index (κ1) is 14.9. The normalized spacial score (nSPS) is 17.2. The molecule has 1 aliphatic rings. The molecule has 0 bridgehead atoms. The summed E-state index contributed by atoms with van der Waals surface area (Å²) in [7, 11) is 0. The second kappa shape index (κ2) is 6.83. The van der Waals surface area contributed by atoms with Crippen molar-refractivity contribution in [1.82, 2.24) is 5.32 Å². The molecule has 3 rings (SSSR count). The molecule has 1 fully saturated rings. The van der Waals surface area contributed by atoms with Crippen LogP contribution in [0.4, 0.5) is 17.1 Å². The molecule has 116 valence electrons. The fraction of sp³-hybridized carbons (Fsp3) is 0.176. The highest BCUT2D eigenvalue weighted by atomic mass is 16.2. The lowest BCUT2D eigenvalue weighted by atomic mass is 10.2. The van der Waals surface area contributed by atoms with Gasteiger partial charge < -0.3 is 10.6 Å². The SMILES string of the molecule is O=C1CC[C@@H](C(=O)Nc2ccc(N=Nc3ccccc3)cc2)N1. The van der Waals surface area contributed by atoms with E-state index in [0.29, 0.717) is 24.2 Å². The van der Waals surface area contributed by atoms with E-state index in [-0.39, 0.29) is 11.8 Å². The van der Waals surface area contributed by atoms with Crippen molar-refractivity contribution >= 4 is 28.9 Å². The molecule has 1 atom stereocenters. The minimum absolute atomic E-state index is 0.0816. The first-order chi connectivity index (χ1) is 11.2. The van der Waals surface area contributed by atoms with E-state index in [1.807, 2.05) is 30.3 Å². The fourth-order valence-electron chi connectivity index (χ4n) is 2.26. The number of benzene rings is 2. The Bertz CT molecular complexity index is 726. The topological polar surface area (TPSA) is 82.9 Å². The van der Waals surface area contributed by atoms with E-state index in [1.165, 1.54) is 0 Å². The highest BCUT2D eigenvalue weighted by Gasteiger charge is 2.26. The fourth-order valence-corrected chi connectivity index (χ4v) is 2.26. The molecular weight excluding hydrogens is 292 g/mol. The zero-order valence-electron chi connectivity index (χ0n) is 12.4. The van der Waals surface area contributed by atoms with Crippen molar-refractivity contribution in [3.8, 4) is 0 Å². The van der Waals surface area contributed by atoms with Crippen LogP contribution in [0.3, 0.4) is 0 Å². The minimum atomic E-state index is -0.444. The van der Waals surface area contributed by atoms with Crippen LogP contribution in [0.2, 0.25) is 0 Å². The van der Waals surface area contributed by atoms with Crippen molar-refractivity contribution in [3.05, 3.63) is 54.6 Å². The molecule has 2 amide bonds. The molecule has 2 aromatic rings. The summed E-state index contributed by atoms with van der Waals surface area (Å²) in [6.07, 6.45) is 0.935. The van der Waals surface area contributed by atoms with Crippen molar-refractivity contribution in [3.63, 3.8) is 0 Å². The van der Waals surface area contributed by atoms with Gasteiger partial charge in [0, 0.05) is 12.1 Å². The zero-order chi connectivity index (χ0) is 16.1. The molecule has 1 aliphatic heterocycles. The lowest BCUT2D eigenvalue weighted by molar-refractivity contribution is -0.122. The van der Waals surface area contributed by atoms with E-state index in [4.69, 9.17) is 0 Å². The second-order valence-corrected chi connectivity index (χ2v) is 5.23. The van der Waals surface area contributed by atoms with Gasteiger partial charge in [-0.1, -0.05) is 18.2 Å². The van der Waals surface area contributed by atoms with Gasteiger partial charge in [-0.3, -0.25) is 9.59 Å². The average molecular weight is 308 g/mol. The van der Waals surface area contributed by atoms with Crippen LogP contribution < -0.4 is 10.6 Å². The van der Waals surface area contributed by atoms with Gasteiger partial charge in [0.1, 0.15) is 6.04 Å². The highest BCUT2D eigenvalue weighted by molar-refractivity contribution is 5.99. The highest BCUT2D eigenvalue weighted by Crippen LogP contribution is 2.20. The second-order valence-electron chi connectivity index (χ2n) is 5.23. The molecule has 0 spiro atoms. The van der Waals surface area contributed by atoms with Crippen LogP contribution in [0.5, 0.6) is 0 Å². The Morgan fingerprint density at radius 2 is 1.65 bits per heavy atom.